The Morgan fingerprint density at radius 1 is 0.323 bits per heavy atom. The molecule has 0 spiro atoms. The largest absolute Gasteiger partial charge is 0.462 e. The van der Waals surface area contributed by atoms with E-state index in [0.29, 0.717) is 19.3 Å². The highest BCUT2D eigenvalue weighted by Crippen LogP contribution is 2.16. The van der Waals surface area contributed by atoms with Crippen molar-refractivity contribution in [3.05, 3.63) is 72.9 Å². The van der Waals surface area contributed by atoms with Crippen LogP contribution in [0.2, 0.25) is 0 Å². The fourth-order valence-corrected chi connectivity index (χ4v) is 7.59. The molecule has 6 nitrogen and oxygen atoms in total. The van der Waals surface area contributed by atoms with Gasteiger partial charge in [0.15, 0.2) is 6.10 Å². The molecule has 0 aromatic carbocycles. The molecule has 0 aromatic rings. The molecule has 0 N–H and O–H groups in total. The van der Waals surface area contributed by atoms with Gasteiger partial charge in [0, 0.05) is 19.3 Å². The first-order chi connectivity index (χ1) is 32.0. The van der Waals surface area contributed by atoms with Crippen LogP contribution in [0, 0.1) is 0 Å². The molecular formula is C59H102O6. The Morgan fingerprint density at radius 2 is 0.631 bits per heavy atom. The van der Waals surface area contributed by atoms with Gasteiger partial charge in [0.1, 0.15) is 13.2 Å². The van der Waals surface area contributed by atoms with Crippen LogP contribution in [0.15, 0.2) is 72.9 Å². The van der Waals surface area contributed by atoms with Crippen molar-refractivity contribution in [1.82, 2.24) is 0 Å². The number of carbonyl (C=O) groups is 3. The molecule has 0 aliphatic carbocycles. The maximum absolute atomic E-state index is 12.7. The number of carbonyl (C=O) groups excluding carboxylic acids is 3. The number of hydrogen-bond acceptors (Lipinski definition) is 6. The first kappa shape index (κ1) is 61.9. The topological polar surface area (TPSA) is 78.9 Å². The van der Waals surface area contributed by atoms with Gasteiger partial charge in [-0.1, -0.05) is 235 Å². The third kappa shape index (κ3) is 51.7. The van der Waals surface area contributed by atoms with Gasteiger partial charge in [-0.15, -0.1) is 0 Å². The van der Waals surface area contributed by atoms with E-state index in [-0.39, 0.29) is 31.1 Å². The van der Waals surface area contributed by atoms with Gasteiger partial charge in [0.2, 0.25) is 0 Å². The maximum atomic E-state index is 12.7. The zero-order chi connectivity index (χ0) is 47.2. The van der Waals surface area contributed by atoms with Crippen molar-refractivity contribution in [3.8, 4) is 0 Å². The summed E-state index contributed by atoms with van der Waals surface area (Å²) in [6.45, 7) is 6.37. The normalized spacial score (nSPS) is 12.6. The highest BCUT2D eigenvalue weighted by molar-refractivity contribution is 5.71. The van der Waals surface area contributed by atoms with Gasteiger partial charge in [-0.2, -0.15) is 0 Å². The van der Waals surface area contributed by atoms with E-state index in [1.165, 1.54) is 103 Å². The molecule has 0 saturated carbocycles. The van der Waals surface area contributed by atoms with E-state index in [2.05, 4.69) is 93.7 Å². The van der Waals surface area contributed by atoms with Crippen molar-refractivity contribution in [1.29, 1.82) is 0 Å². The third-order valence-corrected chi connectivity index (χ3v) is 11.7. The fourth-order valence-electron chi connectivity index (χ4n) is 7.59. The number of unbranched alkanes of at least 4 members (excludes halogenated alkanes) is 26. The van der Waals surface area contributed by atoms with Gasteiger partial charge in [0.05, 0.1) is 0 Å². The van der Waals surface area contributed by atoms with Gasteiger partial charge in [-0.05, 0) is 83.5 Å². The fraction of sp³-hybridized carbons (Fsp3) is 0.746. The molecule has 0 amide bonds. The summed E-state index contributed by atoms with van der Waals surface area (Å²) in [6.07, 6.45) is 68.0. The van der Waals surface area contributed by atoms with Gasteiger partial charge < -0.3 is 14.2 Å². The molecule has 6 heteroatoms. The lowest BCUT2D eigenvalue weighted by atomic mass is 10.0. The highest BCUT2D eigenvalue weighted by Gasteiger charge is 2.19. The Kier molecular flexibility index (Phi) is 50.9. The zero-order valence-electron chi connectivity index (χ0n) is 42.7. The molecule has 0 aliphatic rings. The quantitative estimate of drug-likeness (QED) is 0.0262. The summed E-state index contributed by atoms with van der Waals surface area (Å²) in [5.41, 5.74) is 0. The predicted octanol–water partition coefficient (Wildman–Crippen LogP) is 18.2. The molecule has 0 heterocycles. The maximum Gasteiger partial charge on any atom is 0.306 e. The molecule has 0 fully saturated rings. The van der Waals surface area contributed by atoms with Crippen LogP contribution in [0.1, 0.15) is 265 Å². The van der Waals surface area contributed by atoms with Gasteiger partial charge in [-0.3, -0.25) is 14.4 Å². The van der Waals surface area contributed by atoms with Crippen LogP contribution < -0.4 is 0 Å². The molecule has 1 atom stereocenters. The zero-order valence-corrected chi connectivity index (χ0v) is 42.7. The molecule has 1 unspecified atom stereocenters. The second-order valence-corrected chi connectivity index (χ2v) is 18.1. The van der Waals surface area contributed by atoms with Gasteiger partial charge in [-0.25, -0.2) is 0 Å². The van der Waals surface area contributed by atoms with Crippen LogP contribution in [-0.2, 0) is 28.6 Å². The molecule has 0 saturated heterocycles. The molecule has 0 radical (unpaired) electrons. The van der Waals surface area contributed by atoms with Crippen LogP contribution in [0.4, 0.5) is 0 Å². The van der Waals surface area contributed by atoms with Crippen LogP contribution in [-0.4, -0.2) is 37.2 Å². The molecular weight excluding hydrogens is 805 g/mol. The Balaban J connectivity index is 3.99. The molecule has 65 heavy (non-hydrogen) atoms. The van der Waals surface area contributed by atoms with E-state index in [1.807, 2.05) is 0 Å². The predicted molar refractivity (Wildman–Crippen MR) is 279 cm³/mol. The van der Waals surface area contributed by atoms with Crippen molar-refractivity contribution in [2.45, 2.75) is 271 Å². The van der Waals surface area contributed by atoms with Crippen molar-refractivity contribution < 1.29 is 28.6 Å². The summed E-state index contributed by atoms with van der Waals surface area (Å²) in [4.78, 5) is 37.7. The van der Waals surface area contributed by atoms with Crippen molar-refractivity contribution in [3.63, 3.8) is 0 Å². The number of ether oxygens (including phenoxy) is 3. The van der Waals surface area contributed by atoms with Gasteiger partial charge in [0.25, 0.3) is 0 Å². The number of allylic oxidation sites excluding steroid dienone is 12. The summed E-state index contributed by atoms with van der Waals surface area (Å²) in [5, 5.41) is 0. The molecule has 0 rings (SSSR count). The number of hydrogen-bond donors (Lipinski definition) is 0. The molecule has 374 valence electrons. The van der Waals surface area contributed by atoms with Gasteiger partial charge >= 0.3 is 17.9 Å². The van der Waals surface area contributed by atoms with E-state index < -0.39 is 6.10 Å². The lowest BCUT2D eigenvalue weighted by molar-refractivity contribution is -0.167. The van der Waals surface area contributed by atoms with E-state index in [1.54, 1.807) is 0 Å². The summed E-state index contributed by atoms with van der Waals surface area (Å²) in [5.74, 6) is -0.904. The summed E-state index contributed by atoms with van der Waals surface area (Å²) >= 11 is 0. The lowest BCUT2D eigenvalue weighted by Crippen LogP contribution is -2.30. The Hall–Kier alpha value is -3.15. The Labute approximate surface area is 402 Å². The second kappa shape index (κ2) is 53.5. The molecule has 0 aliphatic heterocycles. The van der Waals surface area contributed by atoms with Crippen LogP contribution in [0.3, 0.4) is 0 Å². The smallest absolute Gasteiger partial charge is 0.306 e. The molecule has 0 aromatic heterocycles. The second-order valence-electron chi connectivity index (χ2n) is 18.1. The van der Waals surface area contributed by atoms with Crippen molar-refractivity contribution in [2.75, 3.05) is 13.2 Å². The van der Waals surface area contributed by atoms with E-state index in [9.17, 15) is 14.4 Å². The SMILES string of the molecule is CC/C=C\C/C=C\C/C=C\C/C=C\CCCCCCCCCCCCCCCCCCC(=O)OCC(COC(=O)CCCCCCC)OC(=O)CCCCCCC/C=C\C/C=C\CCC. The van der Waals surface area contributed by atoms with Crippen molar-refractivity contribution >= 4 is 17.9 Å². The summed E-state index contributed by atoms with van der Waals surface area (Å²) in [7, 11) is 0. The minimum absolute atomic E-state index is 0.0793. The number of esters is 3. The Bertz CT molecular complexity index is 1230. The van der Waals surface area contributed by atoms with Crippen LogP contribution in [0.5, 0.6) is 0 Å². The standard InChI is InChI=1S/C59H102O6/c1-4-7-10-13-15-17-19-21-22-23-24-25-26-27-28-29-30-31-32-33-34-35-36-38-39-41-43-46-49-52-58(61)64-55-56(54-63-57(60)51-48-45-12-9-6-3)65-59(62)53-50-47-44-42-40-37-20-18-16-14-11-8-5-2/h7,10-11,14-15,17-18,20-22,24-25,56H,4-6,8-9,12-13,16,19,23,26-55H2,1-3H3/b10-7-,14-11-,17-15-,20-18-,22-21-,25-24-. The first-order valence-corrected chi connectivity index (χ1v) is 27.4. The summed E-state index contributed by atoms with van der Waals surface area (Å²) < 4.78 is 16.7. The van der Waals surface area contributed by atoms with Crippen LogP contribution in [0.25, 0.3) is 0 Å². The Morgan fingerprint density at radius 3 is 1.00 bits per heavy atom. The lowest BCUT2D eigenvalue weighted by Gasteiger charge is -2.18. The number of rotatable bonds is 49. The minimum atomic E-state index is -0.776. The van der Waals surface area contributed by atoms with E-state index in [0.717, 1.165) is 122 Å². The average Bonchev–Trinajstić information content (AvgIpc) is 3.30. The molecule has 0 bridgehead atoms. The third-order valence-electron chi connectivity index (χ3n) is 11.7. The minimum Gasteiger partial charge on any atom is -0.462 e. The van der Waals surface area contributed by atoms with Crippen LogP contribution >= 0.6 is 0 Å². The first-order valence-electron chi connectivity index (χ1n) is 27.4. The summed E-state index contributed by atoms with van der Waals surface area (Å²) in [6, 6.07) is 0. The average molecular weight is 907 g/mol. The monoisotopic (exact) mass is 907 g/mol. The highest BCUT2D eigenvalue weighted by atomic mass is 16.6. The van der Waals surface area contributed by atoms with Crippen molar-refractivity contribution in [2.24, 2.45) is 0 Å². The van der Waals surface area contributed by atoms with E-state index >= 15 is 0 Å². The van der Waals surface area contributed by atoms with E-state index in [4.69, 9.17) is 14.2 Å².